The van der Waals surface area contributed by atoms with Crippen LogP contribution < -0.4 is 4.90 Å². The number of benzene rings is 1. The van der Waals surface area contributed by atoms with Gasteiger partial charge < -0.3 is 10.2 Å². The monoisotopic (exact) mass is 206 g/mol. The van der Waals surface area contributed by atoms with E-state index in [9.17, 15) is 9.59 Å². The number of amides is 1. The first-order chi connectivity index (χ1) is 7.07. The van der Waals surface area contributed by atoms with Gasteiger partial charge in [-0.15, -0.1) is 0 Å². The number of para-hydroxylation sites is 1. The minimum Gasteiger partial charge on any atom is -0.478 e. The van der Waals surface area contributed by atoms with Crippen LogP contribution in [-0.2, 0) is 0 Å². The second-order valence-corrected chi connectivity index (χ2v) is 2.54. The van der Waals surface area contributed by atoms with Crippen LogP contribution in [0.4, 0.5) is 10.5 Å². The molecule has 0 atom stereocenters. The lowest BCUT2D eigenvalue weighted by molar-refractivity contribution is 0.0698. The van der Waals surface area contributed by atoms with Crippen LogP contribution >= 0.6 is 0 Å². The number of hydrogen-bond acceptors (Lipinski definition) is 3. The van der Waals surface area contributed by atoms with Gasteiger partial charge in [0.1, 0.15) is 0 Å². The Morgan fingerprint density at radius 3 is 2.33 bits per heavy atom. The second-order valence-electron chi connectivity index (χ2n) is 2.54. The highest BCUT2D eigenvalue weighted by Gasteiger charge is 2.20. The number of rotatable bonds is 2. The van der Waals surface area contributed by atoms with Gasteiger partial charge in [-0.2, -0.15) is 10.2 Å². The van der Waals surface area contributed by atoms with Gasteiger partial charge in [0, 0.05) is 0 Å². The molecule has 1 aromatic rings. The maximum Gasteiger partial charge on any atom is 0.425 e. The maximum absolute atomic E-state index is 10.7. The molecular formula is C9H6N2O4. The summed E-state index contributed by atoms with van der Waals surface area (Å²) in [6.45, 7) is 0. The summed E-state index contributed by atoms with van der Waals surface area (Å²) in [6, 6.07) is 5.38. The molecule has 0 unspecified atom stereocenters. The fourth-order valence-electron chi connectivity index (χ4n) is 1.05. The molecule has 2 N–H and O–H groups in total. The lowest BCUT2D eigenvalue weighted by atomic mass is 10.1. The summed E-state index contributed by atoms with van der Waals surface area (Å²) in [5, 5.41) is 26.0. The summed E-state index contributed by atoms with van der Waals surface area (Å²) in [5.74, 6) is -1.29. The lowest BCUT2D eigenvalue weighted by Gasteiger charge is -2.11. The van der Waals surface area contributed by atoms with Crippen molar-refractivity contribution in [3.05, 3.63) is 29.8 Å². The van der Waals surface area contributed by atoms with Crippen LogP contribution in [0.5, 0.6) is 0 Å². The van der Waals surface area contributed by atoms with Crippen molar-refractivity contribution in [1.29, 1.82) is 5.26 Å². The summed E-state index contributed by atoms with van der Waals surface area (Å²) in [7, 11) is 0. The third kappa shape index (κ3) is 2.03. The Kier molecular flexibility index (Phi) is 2.88. The van der Waals surface area contributed by atoms with Crippen molar-refractivity contribution in [2.24, 2.45) is 0 Å². The highest BCUT2D eigenvalue weighted by molar-refractivity contribution is 6.00. The SMILES string of the molecule is N#CN(C(=O)O)c1ccccc1C(=O)O. The molecule has 15 heavy (non-hydrogen) atoms. The van der Waals surface area contributed by atoms with Crippen molar-refractivity contribution in [3.8, 4) is 6.19 Å². The molecule has 0 saturated carbocycles. The maximum atomic E-state index is 10.7. The van der Waals surface area contributed by atoms with Crippen LogP contribution in [0.1, 0.15) is 10.4 Å². The number of carboxylic acid groups (broad SMARTS) is 2. The fraction of sp³-hybridized carbons (Fsp3) is 0. The van der Waals surface area contributed by atoms with Crippen LogP contribution in [0.25, 0.3) is 0 Å². The largest absolute Gasteiger partial charge is 0.478 e. The van der Waals surface area contributed by atoms with Crippen molar-refractivity contribution in [2.45, 2.75) is 0 Å². The predicted molar refractivity (Wildman–Crippen MR) is 49.5 cm³/mol. The smallest absolute Gasteiger partial charge is 0.425 e. The van der Waals surface area contributed by atoms with Crippen LogP contribution in [0.15, 0.2) is 24.3 Å². The number of carboxylic acids is 1. The zero-order valence-electron chi connectivity index (χ0n) is 7.41. The topological polar surface area (TPSA) is 102 Å². The minimum absolute atomic E-state index is 0.167. The predicted octanol–water partition coefficient (Wildman–Crippen LogP) is 1.35. The number of hydrogen-bond donors (Lipinski definition) is 2. The van der Waals surface area contributed by atoms with Crippen LogP contribution in [0.2, 0.25) is 0 Å². The van der Waals surface area contributed by atoms with E-state index >= 15 is 0 Å². The van der Waals surface area contributed by atoms with E-state index in [2.05, 4.69) is 0 Å². The number of anilines is 1. The molecule has 76 valence electrons. The molecule has 0 bridgehead atoms. The van der Waals surface area contributed by atoms with E-state index in [-0.39, 0.29) is 11.3 Å². The number of carbonyl (C=O) groups is 2. The van der Waals surface area contributed by atoms with Gasteiger partial charge in [-0.1, -0.05) is 12.1 Å². The average Bonchev–Trinajstić information content (AvgIpc) is 2.18. The zero-order valence-corrected chi connectivity index (χ0v) is 7.41. The van der Waals surface area contributed by atoms with Gasteiger partial charge in [-0.3, -0.25) is 0 Å². The van der Waals surface area contributed by atoms with Gasteiger partial charge >= 0.3 is 12.1 Å². The summed E-state index contributed by atoms with van der Waals surface area (Å²) < 4.78 is 0. The number of aromatic carboxylic acids is 1. The Balaban J connectivity index is 3.30. The molecule has 0 aliphatic heterocycles. The van der Waals surface area contributed by atoms with Gasteiger partial charge in [-0.05, 0) is 12.1 Å². The van der Waals surface area contributed by atoms with Crippen molar-refractivity contribution >= 4 is 17.7 Å². The Bertz CT molecular complexity index is 450. The third-order valence-corrected chi connectivity index (χ3v) is 1.67. The van der Waals surface area contributed by atoms with Crippen molar-refractivity contribution in [2.75, 3.05) is 4.90 Å². The Morgan fingerprint density at radius 2 is 1.87 bits per heavy atom. The summed E-state index contributed by atoms with van der Waals surface area (Å²) in [5.41, 5.74) is -0.401. The van der Waals surface area contributed by atoms with Gasteiger partial charge in [0.05, 0.1) is 11.3 Å². The minimum atomic E-state index is -1.52. The van der Waals surface area contributed by atoms with Gasteiger partial charge in [0.15, 0.2) is 6.19 Å². The first-order valence-corrected chi connectivity index (χ1v) is 3.83. The molecule has 6 nitrogen and oxygen atoms in total. The van der Waals surface area contributed by atoms with E-state index in [1.807, 2.05) is 0 Å². The Morgan fingerprint density at radius 1 is 1.27 bits per heavy atom. The van der Waals surface area contributed by atoms with E-state index < -0.39 is 12.1 Å². The molecule has 0 fully saturated rings. The summed E-state index contributed by atoms with van der Waals surface area (Å²) in [4.78, 5) is 21.6. The van der Waals surface area contributed by atoms with Crippen LogP contribution in [0.3, 0.4) is 0 Å². The fourth-order valence-corrected chi connectivity index (χ4v) is 1.05. The van der Waals surface area contributed by atoms with E-state index in [0.29, 0.717) is 4.90 Å². The summed E-state index contributed by atoms with van der Waals surface area (Å²) >= 11 is 0. The first kappa shape index (κ1) is 10.5. The highest BCUT2D eigenvalue weighted by Crippen LogP contribution is 2.19. The second kappa shape index (κ2) is 4.11. The summed E-state index contributed by atoms with van der Waals surface area (Å²) in [6.07, 6.45) is -0.139. The molecule has 0 aromatic heterocycles. The van der Waals surface area contributed by atoms with E-state index in [1.54, 1.807) is 0 Å². The molecule has 0 radical (unpaired) electrons. The highest BCUT2D eigenvalue weighted by atomic mass is 16.4. The molecule has 0 heterocycles. The van der Waals surface area contributed by atoms with E-state index in [1.165, 1.54) is 30.5 Å². The van der Waals surface area contributed by atoms with Crippen molar-refractivity contribution < 1.29 is 19.8 Å². The van der Waals surface area contributed by atoms with Gasteiger partial charge in [-0.25, -0.2) is 9.59 Å². The first-order valence-electron chi connectivity index (χ1n) is 3.83. The number of nitrogens with zero attached hydrogens (tertiary/aromatic N) is 2. The van der Waals surface area contributed by atoms with E-state index in [0.717, 1.165) is 0 Å². The number of nitriles is 1. The molecule has 0 aliphatic rings. The van der Waals surface area contributed by atoms with Crippen molar-refractivity contribution in [1.82, 2.24) is 0 Å². The van der Waals surface area contributed by atoms with Crippen LogP contribution in [0, 0.1) is 11.5 Å². The van der Waals surface area contributed by atoms with Crippen molar-refractivity contribution in [3.63, 3.8) is 0 Å². The average molecular weight is 206 g/mol. The molecule has 1 amide bonds. The lowest BCUT2D eigenvalue weighted by Crippen LogP contribution is -2.25. The van der Waals surface area contributed by atoms with Crippen LogP contribution in [-0.4, -0.2) is 22.3 Å². The third-order valence-electron chi connectivity index (χ3n) is 1.67. The quantitative estimate of drug-likeness (QED) is 0.561. The Hall–Kier alpha value is -2.55. The normalized spacial score (nSPS) is 9.00. The zero-order chi connectivity index (χ0) is 11.4. The molecule has 0 saturated heterocycles. The Labute approximate surface area is 84.6 Å². The molecule has 0 aliphatic carbocycles. The van der Waals surface area contributed by atoms with Gasteiger partial charge in [0.2, 0.25) is 0 Å². The molecule has 0 spiro atoms. The molecular weight excluding hydrogens is 200 g/mol. The van der Waals surface area contributed by atoms with Gasteiger partial charge in [0.25, 0.3) is 0 Å². The molecule has 6 heteroatoms. The standard InChI is InChI=1S/C9H6N2O4/c10-5-11(9(14)15)7-4-2-1-3-6(7)8(12)13/h1-4H,(H,12,13)(H,14,15). The van der Waals surface area contributed by atoms with E-state index in [4.69, 9.17) is 15.5 Å². The molecule has 1 rings (SSSR count). The molecule has 1 aromatic carbocycles.